The topological polar surface area (TPSA) is 76.6 Å². The molecule has 6 heteroatoms. The predicted octanol–water partition coefficient (Wildman–Crippen LogP) is 1.46. The monoisotopic (exact) mass is 270 g/mol. The minimum Gasteiger partial charge on any atom is -0.325 e. The average molecular weight is 270 g/mol. The van der Waals surface area contributed by atoms with E-state index < -0.39 is 17.8 Å². The summed E-state index contributed by atoms with van der Waals surface area (Å²) in [4.78, 5) is 43.7. The molecule has 2 aromatic rings. The summed E-state index contributed by atoms with van der Waals surface area (Å²) in [5, 5.41) is 1.32. The van der Waals surface area contributed by atoms with Crippen LogP contribution in [0.2, 0.25) is 0 Å². The zero-order chi connectivity index (χ0) is 14.1. The van der Waals surface area contributed by atoms with E-state index in [-0.39, 0.29) is 18.4 Å². The number of aromatic nitrogens is 1. The van der Waals surface area contributed by atoms with E-state index in [1.54, 1.807) is 30.5 Å². The van der Waals surface area contributed by atoms with E-state index in [0.29, 0.717) is 5.06 Å². The Morgan fingerprint density at radius 3 is 2.65 bits per heavy atom. The minimum absolute atomic E-state index is 0.0771. The Morgan fingerprint density at radius 1 is 1.15 bits per heavy atom. The van der Waals surface area contributed by atoms with E-state index in [4.69, 9.17) is 4.84 Å². The molecule has 3 rings (SSSR count). The van der Waals surface area contributed by atoms with Gasteiger partial charge < -0.3 is 4.84 Å². The maximum atomic E-state index is 11.9. The molecule has 0 saturated carbocycles. The molecular weight excluding hydrogens is 260 g/mol. The molecule has 0 aliphatic carbocycles. The largest absolute Gasteiger partial charge is 0.363 e. The third-order valence-electron chi connectivity index (χ3n) is 3.02. The molecule has 1 aliphatic rings. The first-order valence-corrected chi connectivity index (χ1v) is 6.08. The Morgan fingerprint density at radius 2 is 1.90 bits per heavy atom. The summed E-state index contributed by atoms with van der Waals surface area (Å²) in [5.74, 6) is -1.73. The molecule has 0 spiro atoms. The zero-order valence-electron chi connectivity index (χ0n) is 10.4. The van der Waals surface area contributed by atoms with Crippen LogP contribution >= 0.6 is 0 Å². The van der Waals surface area contributed by atoms with Gasteiger partial charge in [0, 0.05) is 24.4 Å². The number of hydrogen-bond acceptors (Lipinski definition) is 5. The third kappa shape index (κ3) is 2.11. The van der Waals surface area contributed by atoms with Gasteiger partial charge in [-0.15, -0.1) is 5.06 Å². The fourth-order valence-corrected chi connectivity index (χ4v) is 2.00. The summed E-state index contributed by atoms with van der Waals surface area (Å²) in [6.45, 7) is 0. The van der Waals surface area contributed by atoms with Crippen molar-refractivity contribution in [3.05, 3.63) is 42.1 Å². The highest BCUT2D eigenvalue weighted by molar-refractivity contribution is 6.03. The van der Waals surface area contributed by atoms with Crippen LogP contribution in [0.15, 0.2) is 36.5 Å². The lowest BCUT2D eigenvalue weighted by atomic mass is 10.1. The maximum Gasteiger partial charge on any atom is 0.363 e. The molecule has 1 aromatic carbocycles. The van der Waals surface area contributed by atoms with E-state index in [1.807, 2.05) is 6.07 Å². The van der Waals surface area contributed by atoms with Crippen LogP contribution in [0, 0.1) is 0 Å². The van der Waals surface area contributed by atoms with Crippen LogP contribution in [0.3, 0.4) is 0 Å². The van der Waals surface area contributed by atoms with Crippen molar-refractivity contribution >= 4 is 28.7 Å². The van der Waals surface area contributed by atoms with Gasteiger partial charge in [0.05, 0.1) is 11.1 Å². The van der Waals surface area contributed by atoms with Crippen molar-refractivity contribution in [3.63, 3.8) is 0 Å². The molecule has 0 unspecified atom stereocenters. The highest BCUT2D eigenvalue weighted by atomic mass is 16.7. The molecule has 0 atom stereocenters. The van der Waals surface area contributed by atoms with Gasteiger partial charge in [-0.1, -0.05) is 6.07 Å². The molecule has 0 bridgehead atoms. The summed E-state index contributed by atoms with van der Waals surface area (Å²) in [7, 11) is 0. The normalized spacial score (nSPS) is 14.9. The second kappa shape index (κ2) is 4.73. The number of carbonyl (C=O) groups excluding carboxylic acids is 3. The number of hydrogen-bond donors (Lipinski definition) is 0. The van der Waals surface area contributed by atoms with Gasteiger partial charge in [-0.05, 0) is 24.3 Å². The van der Waals surface area contributed by atoms with Crippen molar-refractivity contribution in [1.29, 1.82) is 0 Å². The number of fused-ring (bicyclic) bond motifs is 1. The number of rotatable bonds is 2. The lowest BCUT2D eigenvalue weighted by Gasteiger charge is -2.12. The number of benzene rings is 1. The smallest absolute Gasteiger partial charge is 0.325 e. The molecule has 0 N–H and O–H groups in total. The van der Waals surface area contributed by atoms with Crippen molar-refractivity contribution in [3.8, 4) is 0 Å². The van der Waals surface area contributed by atoms with Gasteiger partial charge in [0.1, 0.15) is 0 Å². The fraction of sp³-hybridized carbons (Fsp3) is 0.143. The van der Waals surface area contributed by atoms with E-state index >= 15 is 0 Å². The molecule has 2 amide bonds. The van der Waals surface area contributed by atoms with Gasteiger partial charge in [-0.3, -0.25) is 14.6 Å². The number of hydroxylamine groups is 2. The lowest BCUT2D eigenvalue weighted by Crippen LogP contribution is -2.32. The van der Waals surface area contributed by atoms with Crippen LogP contribution < -0.4 is 0 Å². The highest BCUT2D eigenvalue weighted by Gasteiger charge is 2.33. The molecule has 20 heavy (non-hydrogen) atoms. The first kappa shape index (κ1) is 12.3. The molecule has 6 nitrogen and oxygen atoms in total. The van der Waals surface area contributed by atoms with Crippen molar-refractivity contribution in [2.45, 2.75) is 12.8 Å². The second-order valence-electron chi connectivity index (χ2n) is 4.37. The van der Waals surface area contributed by atoms with Gasteiger partial charge in [-0.25, -0.2) is 4.79 Å². The quantitative estimate of drug-likeness (QED) is 0.772. The number of nitrogens with zero attached hydrogens (tertiary/aromatic N) is 2. The first-order valence-electron chi connectivity index (χ1n) is 6.08. The van der Waals surface area contributed by atoms with Crippen LogP contribution in [-0.4, -0.2) is 27.8 Å². The van der Waals surface area contributed by atoms with E-state index in [9.17, 15) is 14.4 Å². The summed E-state index contributed by atoms with van der Waals surface area (Å²) in [6, 6.07) is 8.40. The number of pyridine rings is 1. The summed E-state index contributed by atoms with van der Waals surface area (Å²) in [5.41, 5.74) is 1.01. The summed E-state index contributed by atoms with van der Waals surface area (Å²) >= 11 is 0. The molecule has 1 aliphatic heterocycles. The Labute approximate surface area is 113 Å². The van der Waals surface area contributed by atoms with Crippen molar-refractivity contribution < 1.29 is 19.2 Å². The standard InChI is InChI=1S/C14H10N2O4/c17-12-5-6-13(18)16(12)20-14(19)10-3-4-11-9(8-10)2-1-7-15-11/h1-4,7-8H,5-6H2. The second-order valence-corrected chi connectivity index (χ2v) is 4.37. The van der Waals surface area contributed by atoms with Gasteiger partial charge in [0.2, 0.25) is 0 Å². The Kier molecular flexibility index (Phi) is 2.90. The van der Waals surface area contributed by atoms with Gasteiger partial charge in [0.25, 0.3) is 11.8 Å². The van der Waals surface area contributed by atoms with Crippen LogP contribution in [0.1, 0.15) is 23.2 Å². The molecule has 100 valence electrons. The van der Waals surface area contributed by atoms with Gasteiger partial charge in [-0.2, -0.15) is 0 Å². The molecule has 2 heterocycles. The van der Waals surface area contributed by atoms with Crippen molar-refractivity contribution in [2.24, 2.45) is 0 Å². The van der Waals surface area contributed by atoms with Gasteiger partial charge in [0.15, 0.2) is 0 Å². The van der Waals surface area contributed by atoms with E-state index in [1.165, 1.54) is 0 Å². The lowest BCUT2D eigenvalue weighted by molar-refractivity contribution is -0.172. The Bertz CT molecular complexity index is 710. The van der Waals surface area contributed by atoms with E-state index in [2.05, 4.69) is 4.98 Å². The predicted molar refractivity (Wildman–Crippen MR) is 68.2 cm³/mol. The Hall–Kier alpha value is -2.76. The van der Waals surface area contributed by atoms with Gasteiger partial charge >= 0.3 is 5.97 Å². The third-order valence-corrected chi connectivity index (χ3v) is 3.02. The summed E-state index contributed by atoms with van der Waals surface area (Å²) in [6.07, 6.45) is 1.81. The number of imide groups is 1. The van der Waals surface area contributed by atoms with E-state index in [0.717, 1.165) is 10.9 Å². The zero-order valence-corrected chi connectivity index (χ0v) is 10.4. The van der Waals surface area contributed by atoms with Crippen molar-refractivity contribution in [1.82, 2.24) is 10.0 Å². The van der Waals surface area contributed by atoms with Crippen LogP contribution in [-0.2, 0) is 14.4 Å². The number of amides is 2. The summed E-state index contributed by atoms with van der Waals surface area (Å²) < 4.78 is 0. The minimum atomic E-state index is -0.737. The molecule has 0 radical (unpaired) electrons. The highest BCUT2D eigenvalue weighted by Crippen LogP contribution is 2.17. The first-order chi connectivity index (χ1) is 9.65. The average Bonchev–Trinajstić information content (AvgIpc) is 2.78. The van der Waals surface area contributed by atoms with Crippen LogP contribution in [0.4, 0.5) is 0 Å². The van der Waals surface area contributed by atoms with Crippen molar-refractivity contribution in [2.75, 3.05) is 0 Å². The molecule has 1 saturated heterocycles. The molecular formula is C14H10N2O4. The van der Waals surface area contributed by atoms with Crippen LogP contribution in [0.25, 0.3) is 10.9 Å². The SMILES string of the molecule is O=C(ON1C(=O)CCC1=O)c1ccc2ncccc2c1. The fourth-order valence-electron chi connectivity index (χ4n) is 2.00. The molecule has 1 aromatic heterocycles. The maximum absolute atomic E-state index is 11.9. The Balaban J connectivity index is 1.85. The van der Waals surface area contributed by atoms with Crippen LogP contribution in [0.5, 0.6) is 0 Å². The molecule has 1 fully saturated rings. The number of carbonyl (C=O) groups is 3.